The minimum absolute atomic E-state index is 0.656. The van der Waals surface area contributed by atoms with Gasteiger partial charge in [-0.25, -0.2) is 0 Å². The first-order valence-electron chi connectivity index (χ1n) is 4.14. The van der Waals surface area contributed by atoms with Crippen LogP contribution in [0.4, 0.5) is 0 Å². The minimum atomic E-state index is 0.656. The van der Waals surface area contributed by atoms with Gasteiger partial charge in [-0.05, 0) is 47.3 Å². The summed E-state index contributed by atoms with van der Waals surface area (Å²) in [5.41, 5.74) is 7.65. The second-order valence-electron chi connectivity index (χ2n) is 2.90. The maximum atomic E-state index is 5.50. The molecule has 0 atom stereocenters. The van der Waals surface area contributed by atoms with E-state index in [9.17, 15) is 0 Å². The van der Waals surface area contributed by atoms with Gasteiger partial charge in [-0.15, -0.1) is 0 Å². The lowest BCUT2D eigenvalue weighted by atomic mass is 10.2. The smallest absolute Gasteiger partial charge is 0.0924 e. The highest BCUT2D eigenvalue weighted by molar-refractivity contribution is 14.1. The van der Waals surface area contributed by atoms with Crippen LogP contribution in [0.1, 0.15) is 5.69 Å². The van der Waals surface area contributed by atoms with E-state index < -0.39 is 0 Å². The van der Waals surface area contributed by atoms with Crippen molar-refractivity contribution in [2.24, 2.45) is 5.73 Å². The lowest BCUT2D eigenvalue weighted by Crippen LogP contribution is -2.03. The Balaban J connectivity index is 2.58. The zero-order valence-electron chi connectivity index (χ0n) is 7.05. The first-order valence-corrected chi connectivity index (χ1v) is 5.21. The molecule has 0 spiro atoms. The first kappa shape index (κ1) is 8.96. The molecule has 0 bridgehead atoms. The maximum absolute atomic E-state index is 5.50. The Bertz CT molecular complexity index is 422. The molecule has 0 saturated heterocycles. The van der Waals surface area contributed by atoms with Crippen molar-refractivity contribution < 1.29 is 0 Å². The van der Waals surface area contributed by atoms with Crippen molar-refractivity contribution in [3.8, 4) is 0 Å². The van der Waals surface area contributed by atoms with Crippen LogP contribution < -0.4 is 5.73 Å². The lowest BCUT2D eigenvalue weighted by Gasteiger charge is -1.94. The van der Waals surface area contributed by atoms with Crippen LogP contribution in [0.5, 0.6) is 0 Å². The monoisotopic (exact) mass is 287 g/mol. The van der Waals surface area contributed by atoms with Gasteiger partial charge in [-0.2, -0.15) is 5.10 Å². The van der Waals surface area contributed by atoms with Crippen LogP contribution in [-0.4, -0.2) is 16.7 Å². The molecule has 1 aromatic carbocycles. The van der Waals surface area contributed by atoms with E-state index in [1.165, 1.54) is 8.96 Å². The van der Waals surface area contributed by atoms with E-state index >= 15 is 0 Å². The SMILES string of the molecule is NCCc1[nH]nc2ccc(I)cc12. The number of nitrogens with one attached hydrogen (secondary N) is 1. The number of hydrogen-bond acceptors (Lipinski definition) is 2. The molecule has 13 heavy (non-hydrogen) atoms. The summed E-state index contributed by atoms with van der Waals surface area (Å²) in [4.78, 5) is 0. The highest BCUT2D eigenvalue weighted by Crippen LogP contribution is 2.18. The fraction of sp³-hybridized carbons (Fsp3) is 0.222. The van der Waals surface area contributed by atoms with E-state index in [0.717, 1.165) is 17.6 Å². The van der Waals surface area contributed by atoms with Gasteiger partial charge in [0.05, 0.1) is 5.52 Å². The van der Waals surface area contributed by atoms with E-state index in [2.05, 4.69) is 44.9 Å². The minimum Gasteiger partial charge on any atom is -0.330 e. The number of H-pyrrole nitrogens is 1. The van der Waals surface area contributed by atoms with Gasteiger partial charge < -0.3 is 5.73 Å². The Labute approximate surface area is 89.8 Å². The van der Waals surface area contributed by atoms with E-state index in [-0.39, 0.29) is 0 Å². The molecule has 68 valence electrons. The zero-order valence-corrected chi connectivity index (χ0v) is 9.21. The predicted molar refractivity (Wildman–Crippen MR) is 61.6 cm³/mol. The molecule has 3 N–H and O–H groups in total. The molecule has 2 rings (SSSR count). The first-order chi connectivity index (χ1) is 6.31. The quantitative estimate of drug-likeness (QED) is 0.825. The van der Waals surface area contributed by atoms with Crippen LogP contribution in [0.25, 0.3) is 10.9 Å². The molecule has 3 nitrogen and oxygen atoms in total. The molecule has 0 aliphatic carbocycles. The number of aromatic amines is 1. The Morgan fingerprint density at radius 3 is 3.08 bits per heavy atom. The van der Waals surface area contributed by atoms with Crippen molar-refractivity contribution in [2.45, 2.75) is 6.42 Å². The molecule has 2 aromatic rings. The zero-order chi connectivity index (χ0) is 9.26. The largest absolute Gasteiger partial charge is 0.330 e. The van der Waals surface area contributed by atoms with Crippen molar-refractivity contribution in [1.82, 2.24) is 10.2 Å². The number of fused-ring (bicyclic) bond motifs is 1. The number of nitrogens with zero attached hydrogens (tertiary/aromatic N) is 1. The fourth-order valence-electron chi connectivity index (χ4n) is 1.37. The summed E-state index contributed by atoms with van der Waals surface area (Å²) in [6.45, 7) is 0.656. The molecule has 0 radical (unpaired) electrons. The van der Waals surface area contributed by atoms with Crippen molar-refractivity contribution in [2.75, 3.05) is 6.54 Å². The highest BCUT2D eigenvalue weighted by Gasteiger charge is 2.03. The van der Waals surface area contributed by atoms with E-state index in [4.69, 9.17) is 5.73 Å². The Morgan fingerprint density at radius 1 is 1.46 bits per heavy atom. The molecule has 1 aromatic heterocycles. The van der Waals surface area contributed by atoms with Crippen molar-refractivity contribution in [3.05, 3.63) is 27.5 Å². The third-order valence-electron chi connectivity index (χ3n) is 1.99. The molecule has 0 amide bonds. The van der Waals surface area contributed by atoms with Gasteiger partial charge in [0.1, 0.15) is 0 Å². The van der Waals surface area contributed by atoms with Gasteiger partial charge in [0.15, 0.2) is 0 Å². The summed E-state index contributed by atoms with van der Waals surface area (Å²) in [5.74, 6) is 0. The van der Waals surface area contributed by atoms with Crippen molar-refractivity contribution in [3.63, 3.8) is 0 Å². The summed E-state index contributed by atoms with van der Waals surface area (Å²) in [7, 11) is 0. The van der Waals surface area contributed by atoms with Gasteiger partial charge in [0, 0.05) is 21.1 Å². The molecule has 0 aliphatic rings. The summed E-state index contributed by atoms with van der Waals surface area (Å²) in [6.07, 6.45) is 0.858. The lowest BCUT2D eigenvalue weighted by molar-refractivity contribution is 0.909. The fourth-order valence-corrected chi connectivity index (χ4v) is 1.86. The Kier molecular flexibility index (Phi) is 2.50. The standard InChI is InChI=1S/C9H10IN3/c10-6-1-2-8-7(5-6)9(3-4-11)13-12-8/h1-2,5H,3-4,11H2,(H,12,13). The van der Waals surface area contributed by atoms with E-state index in [0.29, 0.717) is 6.54 Å². The number of benzene rings is 1. The van der Waals surface area contributed by atoms with Crippen LogP contribution >= 0.6 is 22.6 Å². The van der Waals surface area contributed by atoms with Crippen LogP contribution in [0.2, 0.25) is 0 Å². The molecular formula is C9H10IN3. The number of aromatic nitrogens is 2. The predicted octanol–water partition coefficient (Wildman–Crippen LogP) is 1.67. The van der Waals surface area contributed by atoms with Crippen LogP contribution in [0, 0.1) is 3.57 Å². The Hall–Kier alpha value is -0.620. The summed E-state index contributed by atoms with van der Waals surface area (Å²) in [5, 5.41) is 8.40. The Morgan fingerprint density at radius 2 is 2.31 bits per heavy atom. The van der Waals surface area contributed by atoms with Gasteiger partial charge in [-0.1, -0.05) is 0 Å². The number of hydrogen-bond donors (Lipinski definition) is 2. The summed E-state index contributed by atoms with van der Waals surface area (Å²) < 4.78 is 1.23. The van der Waals surface area contributed by atoms with Crippen LogP contribution in [0.15, 0.2) is 18.2 Å². The highest BCUT2D eigenvalue weighted by atomic mass is 127. The molecule has 4 heteroatoms. The molecule has 1 heterocycles. The average molecular weight is 287 g/mol. The number of nitrogens with two attached hydrogens (primary N) is 1. The molecular weight excluding hydrogens is 277 g/mol. The van der Waals surface area contributed by atoms with Gasteiger partial charge in [0.2, 0.25) is 0 Å². The second kappa shape index (κ2) is 3.63. The molecule has 0 aliphatic heterocycles. The van der Waals surface area contributed by atoms with Crippen LogP contribution in [0.3, 0.4) is 0 Å². The third-order valence-corrected chi connectivity index (χ3v) is 2.66. The second-order valence-corrected chi connectivity index (χ2v) is 4.15. The van der Waals surface area contributed by atoms with Gasteiger partial charge >= 0.3 is 0 Å². The topological polar surface area (TPSA) is 54.7 Å². The molecule has 0 unspecified atom stereocenters. The van der Waals surface area contributed by atoms with E-state index in [1.54, 1.807) is 0 Å². The molecule has 0 saturated carbocycles. The van der Waals surface area contributed by atoms with Gasteiger partial charge in [-0.3, -0.25) is 5.10 Å². The van der Waals surface area contributed by atoms with Crippen LogP contribution in [-0.2, 0) is 6.42 Å². The van der Waals surface area contributed by atoms with Gasteiger partial charge in [0.25, 0.3) is 0 Å². The average Bonchev–Trinajstić information content (AvgIpc) is 2.49. The summed E-state index contributed by atoms with van der Waals surface area (Å²) >= 11 is 2.30. The maximum Gasteiger partial charge on any atom is 0.0924 e. The van der Waals surface area contributed by atoms with E-state index in [1.807, 2.05) is 6.07 Å². The number of rotatable bonds is 2. The van der Waals surface area contributed by atoms with Crippen molar-refractivity contribution >= 4 is 33.5 Å². The number of halogens is 1. The third kappa shape index (κ3) is 1.68. The normalized spacial score (nSPS) is 10.9. The molecule has 0 fully saturated rings. The van der Waals surface area contributed by atoms with Crippen molar-refractivity contribution in [1.29, 1.82) is 0 Å². The summed E-state index contributed by atoms with van der Waals surface area (Å²) in [6, 6.07) is 6.20.